The fourth-order valence-corrected chi connectivity index (χ4v) is 4.41. The van der Waals surface area contributed by atoms with Gasteiger partial charge >= 0.3 is 0 Å². The zero-order valence-electron chi connectivity index (χ0n) is 12.9. The van der Waals surface area contributed by atoms with Gasteiger partial charge in [0.05, 0.1) is 6.04 Å². The van der Waals surface area contributed by atoms with Crippen molar-refractivity contribution in [2.24, 2.45) is 15.7 Å². The van der Waals surface area contributed by atoms with Crippen molar-refractivity contribution in [3.05, 3.63) is 0 Å². The van der Waals surface area contributed by atoms with Crippen LogP contribution in [0.1, 0.15) is 66.7 Å². The molecule has 1 aliphatic carbocycles. The van der Waals surface area contributed by atoms with E-state index in [1.165, 1.54) is 19.3 Å². The van der Waals surface area contributed by atoms with Crippen molar-refractivity contribution in [3.63, 3.8) is 0 Å². The summed E-state index contributed by atoms with van der Waals surface area (Å²) in [5.74, 6) is 2.28. The molecule has 0 atom stereocenters. The highest BCUT2D eigenvalue weighted by Gasteiger charge is 2.25. The van der Waals surface area contributed by atoms with Gasteiger partial charge in [0.1, 0.15) is 0 Å². The molecule has 0 unspecified atom stereocenters. The molecule has 0 aromatic carbocycles. The lowest BCUT2D eigenvalue weighted by Gasteiger charge is -2.31. The van der Waals surface area contributed by atoms with Crippen LogP contribution in [0.15, 0.2) is 4.36 Å². The minimum absolute atomic E-state index is 0.369. The fraction of sp³-hybridized carbons (Fsp3) is 1.00. The lowest BCUT2D eigenvalue weighted by Crippen LogP contribution is -2.23. The summed E-state index contributed by atoms with van der Waals surface area (Å²) in [5, 5.41) is 0. The highest BCUT2D eigenvalue weighted by molar-refractivity contribution is 7.93. The Labute approximate surface area is 114 Å². The predicted octanol–water partition coefficient (Wildman–Crippen LogP) is 4.49. The van der Waals surface area contributed by atoms with Gasteiger partial charge in [-0.15, -0.1) is 0 Å². The van der Waals surface area contributed by atoms with E-state index in [2.05, 4.69) is 25.1 Å². The average Bonchev–Trinajstić information content (AvgIpc) is 2.30. The molecule has 2 nitrogen and oxygen atoms in total. The summed E-state index contributed by atoms with van der Waals surface area (Å²) in [4.78, 5) is 0. The molecule has 1 fully saturated rings. The number of hydrogen-bond acceptors (Lipinski definition) is 2. The predicted molar refractivity (Wildman–Crippen MR) is 81.5 cm³/mol. The standard InChI is InChI=1S/C15H31NOS/c1-6-18(17,7-2)16-14-10-8-13(9-11-14)12-15(3,4)5/h13-14H,6-12H2,1-5H3. The fourth-order valence-electron chi connectivity index (χ4n) is 2.95. The van der Waals surface area contributed by atoms with E-state index in [0.717, 1.165) is 18.8 Å². The topological polar surface area (TPSA) is 29.4 Å². The Morgan fingerprint density at radius 3 is 1.94 bits per heavy atom. The van der Waals surface area contributed by atoms with Gasteiger partial charge in [0.15, 0.2) is 0 Å². The zero-order chi connectivity index (χ0) is 13.8. The lowest BCUT2D eigenvalue weighted by molar-refractivity contribution is 0.229. The maximum Gasteiger partial charge on any atom is 0.0594 e. The summed E-state index contributed by atoms with van der Waals surface area (Å²) in [7, 11) is -1.89. The van der Waals surface area contributed by atoms with E-state index in [-0.39, 0.29) is 0 Å². The van der Waals surface area contributed by atoms with Crippen LogP contribution in [0, 0.1) is 11.3 Å². The average molecular weight is 273 g/mol. The van der Waals surface area contributed by atoms with E-state index in [1.807, 2.05) is 13.8 Å². The van der Waals surface area contributed by atoms with Gasteiger partial charge in [-0.2, -0.15) is 0 Å². The number of hydrogen-bond donors (Lipinski definition) is 0. The van der Waals surface area contributed by atoms with Crippen molar-refractivity contribution in [1.29, 1.82) is 0 Å². The van der Waals surface area contributed by atoms with Crippen LogP contribution in [0.2, 0.25) is 0 Å². The summed E-state index contributed by atoms with van der Waals surface area (Å²) >= 11 is 0. The third-order valence-corrected chi connectivity index (χ3v) is 6.45. The molecule has 0 heterocycles. The van der Waals surface area contributed by atoms with Crippen LogP contribution in [0.3, 0.4) is 0 Å². The van der Waals surface area contributed by atoms with Crippen LogP contribution in [0.4, 0.5) is 0 Å². The summed E-state index contributed by atoms with van der Waals surface area (Å²) in [5.41, 5.74) is 0.440. The second-order valence-electron chi connectivity index (χ2n) is 6.89. The van der Waals surface area contributed by atoms with Gasteiger partial charge in [0.25, 0.3) is 0 Å². The molecule has 0 saturated heterocycles. The van der Waals surface area contributed by atoms with E-state index in [4.69, 9.17) is 0 Å². The summed E-state index contributed by atoms with van der Waals surface area (Å²) in [6.45, 7) is 11.0. The van der Waals surface area contributed by atoms with Crippen molar-refractivity contribution in [1.82, 2.24) is 0 Å². The highest BCUT2D eigenvalue weighted by atomic mass is 32.2. The van der Waals surface area contributed by atoms with Crippen LogP contribution in [-0.2, 0) is 9.73 Å². The van der Waals surface area contributed by atoms with Gasteiger partial charge in [0.2, 0.25) is 0 Å². The van der Waals surface area contributed by atoms with E-state index in [1.54, 1.807) is 0 Å². The third kappa shape index (κ3) is 5.29. The van der Waals surface area contributed by atoms with Crippen molar-refractivity contribution >= 4 is 9.73 Å². The molecule has 3 heteroatoms. The minimum atomic E-state index is -1.89. The number of nitrogens with zero attached hydrogens (tertiary/aromatic N) is 1. The molecule has 0 N–H and O–H groups in total. The zero-order valence-corrected chi connectivity index (χ0v) is 13.7. The molecular weight excluding hydrogens is 242 g/mol. The largest absolute Gasteiger partial charge is 0.250 e. The van der Waals surface area contributed by atoms with E-state index >= 15 is 0 Å². The second-order valence-corrected chi connectivity index (χ2v) is 9.81. The lowest BCUT2D eigenvalue weighted by atomic mass is 9.76. The van der Waals surface area contributed by atoms with Gasteiger partial charge in [-0.3, -0.25) is 0 Å². The Kier molecular flexibility index (Phi) is 5.69. The Morgan fingerprint density at radius 2 is 1.56 bits per heavy atom. The van der Waals surface area contributed by atoms with Gasteiger partial charge in [0, 0.05) is 21.2 Å². The molecular formula is C15H31NOS. The molecule has 0 aromatic heterocycles. The molecule has 0 amide bonds. The van der Waals surface area contributed by atoms with Crippen molar-refractivity contribution in [2.45, 2.75) is 72.8 Å². The second kappa shape index (κ2) is 6.40. The monoisotopic (exact) mass is 273 g/mol. The molecule has 1 rings (SSSR count). The van der Waals surface area contributed by atoms with Crippen molar-refractivity contribution < 1.29 is 4.21 Å². The first-order valence-corrected chi connectivity index (χ1v) is 9.35. The van der Waals surface area contributed by atoms with Gasteiger partial charge < -0.3 is 0 Å². The first-order chi connectivity index (χ1) is 8.28. The third-order valence-electron chi connectivity index (χ3n) is 3.96. The molecule has 108 valence electrons. The summed E-state index contributed by atoms with van der Waals surface area (Å²) in [6, 6.07) is 0.369. The first-order valence-electron chi connectivity index (χ1n) is 7.49. The maximum absolute atomic E-state index is 12.3. The van der Waals surface area contributed by atoms with Crippen LogP contribution in [0.5, 0.6) is 0 Å². The van der Waals surface area contributed by atoms with Crippen LogP contribution >= 0.6 is 0 Å². The van der Waals surface area contributed by atoms with Crippen LogP contribution < -0.4 is 0 Å². The van der Waals surface area contributed by atoms with Crippen LogP contribution in [0.25, 0.3) is 0 Å². The van der Waals surface area contributed by atoms with Gasteiger partial charge in [-0.25, -0.2) is 8.57 Å². The van der Waals surface area contributed by atoms with E-state index < -0.39 is 9.73 Å². The molecule has 0 radical (unpaired) electrons. The van der Waals surface area contributed by atoms with Gasteiger partial charge in [-0.05, 0) is 43.4 Å². The molecule has 0 spiro atoms. The Bertz CT molecular complexity index is 343. The van der Waals surface area contributed by atoms with Crippen molar-refractivity contribution in [2.75, 3.05) is 11.5 Å². The Balaban J connectivity index is 2.52. The molecule has 0 aromatic rings. The summed E-state index contributed by atoms with van der Waals surface area (Å²) in [6.07, 6.45) is 6.16. The Hall–Kier alpha value is -0.0500. The smallest absolute Gasteiger partial charge is 0.0594 e. The quantitative estimate of drug-likeness (QED) is 0.742. The molecule has 1 aliphatic rings. The first kappa shape index (κ1) is 16.0. The van der Waals surface area contributed by atoms with Gasteiger partial charge in [-0.1, -0.05) is 34.6 Å². The van der Waals surface area contributed by atoms with Crippen molar-refractivity contribution in [3.8, 4) is 0 Å². The number of rotatable bonds is 4. The SMILES string of the molecule is CCS(=O)(CC)=NC1CCC(CC(C)(C)C)CC1. The summed E-state index contributed by atoms with van der Waals surface area (Å²) < 4.78 is 17.0. The van der Waals surface area contributed by atoms with Crippen LogP contribution in [-0.4, -0.2) is 21.8 Å². The molecule has 0 bridgehead atoms. The van der Waals surface area contributed by atoms with E-state index in [9.17, 15) is 4.21 Å². The molecule has 0 aliphatic heterocycles. The normalized spacial score (nSPS) is 26.1. The van der Waals surface area contributed by atoms with E-state index in [0.29, 0.717) is 23.0 Å². The Morgan fingerprint density at radius 1 is 1.06 bits per heavy atom. The maximum atomic E-state index is 12.3. The highest BCUT2D eigenvalue weighted by Crippen LogP contribution is 2.35. The minimum Gasteiger partial charge on any atom is -0.250 e. The molecule has 1 saturated carbocycles. The molecule has 18 heavy (non-hydrogen) atoms.